The Morgan fingerprint density at radius 1 is 1.00 bits per heavy atom. The van der Waals surface area contributed by atoms with Crippen LogP contribution in [-0.4, -0.2) is 18.3 Å². The van der Waals surface area contributed by atoms with Gasteiger partial charge in [-0.05, 0) is 24.6 Å². The molecule has 0 atom stereocenters. The molecule has 108 valence electrons. The molecule has 21 heavy (non-hydrogen) atoms. The Kier molecular flexibility index (Phi) is 3.97. The largest absolute Gasteiger partial charge is 0.450 e. The zero-order chi connectivity index (χ0) is 14.7. The van der Waals surface area contributed by atoms with Crippen LogP contribution in [0.1, 0.15) is 5.56 Å². The van der Waals surface area contributed by atoms with Crippen molar-refractivity contribution in [3.63, 3.8) is 0 Å². The van der Waals surface area contributed by atoms with Crippen molar-refractivity contribution in [3.8, 4) is 23.0 Å². The fraction of sp³-hybridized carbons (Fsp3) is 0.188. The molecule has 0 saturated heterocycles. The van der Waals surface area contributed by atoms with Crippen molar-refractivity contribution in [2.75, 3.05) is 12.4 Å². The molecule has 1 N–H and O–H groups in total. The van der Waals surface area contributed by atoms with Crippen molar-refractivity contribution in [1.29, 1.82) is 0 Å². The molecular formula is C16H14ClNO3. The van der Waals surface area contributed by atoms with Crippen molar-refractivity contribution in [2.45, 2.75) is 6.42 Å². The number of benzene rings is 2. The van der Waals surface area contributed by atoms with Crippen molar-refractivity contribution in [1.82, 2.24) is 5.32 Å². The number of carbonyl (C=O) groups excluding carboxylic acids is 1. The molecule has 3 rings (SSSR count). The zero-order valence-electron chi connectivity index (χ0n) is 11.3. The average molecular weight is 304 g/mol. The molecule has 1 heterocycles. The van der Waals surface area contributed by atoms with Gasteiger partial charge in [-0.3, -0.25) is 4.79 Å². The molecule has 0 aliphatic carbocycles. The first-order valence-electron chi connectivity index (χ1n) is 6.67. The summed E-state index contributed by atoms with van der Waals surface area (Å²) in [6.45, 7) is 0.507. The molecule has 0 aromatic heterocycles. The molecule has 0 spiro atoms. The topological polar surface area (TPSA) is 47.6 Å². The number of rotatable bonds is 4. The van der Waals surface area contributed by atoms with Crippen LogP contribution in [0, 0.1) is 0 Å². The lowest BCUT2D eigenvalue weighted by molar-refractivity contribution is -0.118. The second-order valence-electron chi connectivity index (χ2n) is 4.63. The monoisotopic (exact) mass is 303 g/mol. The Morgan fingerprint density at radius 2 is 1.71 bits per heavy atom. The lowest BCUT2D eigenvalue weighted by Crippen LogP contribution is -2.26. The van der Waals surface area contributed by atoms with Crippen molar-refractivity contribution < 1.29 is 14.3 Å². The number of hydrogen-bond donors (Lipinski definition) is 1. The Balaban J connectivity index is 1.78. The molecule has 0 bridgehead atoms. The molecular weight excluding hydrogens is 290 g/mol. The first-order chi connectivity index (χ1) is 10.3. The second kappa shape index (κ2) is 6.06. The van der Waals surface area contributed by atoms with Crippen LogP contribution in [0.15, 0.2) is 42.5 Å². The maximum absolute atomic E-state index is 11.2. The van der Waals surface area contributed by atoms with E-state index in [4.69, 9.17) is 21.1 Å². The highest BCUT2D eigenvalue weighted by molar-refractivity contribution is 6.27. The van der Waals surface area contributed by atoms with E-state index in [1.807, 2.05) is 42.5 Å². The third-order valence-corrected chi connectivity index (χ3v) is 3.42. The summed E-state index contributed by atoms with van der Waals surface area (Å²) in [5, 5.41) is 2.74. The summed E-state index contributed by atoms with van der Waals surface area (Å²) in [7, 11) is 0. The molecule has 4 nitrogen and oxygen atoms in total. The predicted octanol–water partition coefficient (Wildman–Crippen LogP) is 3.48. The number of alkyl halides is 1. The predicted molar refractivity (Wildman–Crippen MR) is 80.5 cm³/mol. The highest BCUT2D eigenvalue weighted by Crippen LogP contribution is 2.46. The van der Waals surface area contributed by atoms with Crippen molar-refractivity contribution in [2.24, 2.45) is 0 Å². The molecule has 2 aromatic rings. The lowest BCUT2D eigenvalue weighted by atomic mass is 10.1. The molecule has 1 aliphatic heterocycles. The number of nitrogens with one attached hydrogen (secondary N) is 1. The maximum Gasteiger partial charge on any atom is 0.234 e. The summed E-state index contributed by atoms with van der Waals surface area (Å²) in [4.78, 5) is 11.2. The summed E-state index contributed by atoms with van der Waals surface area (Å²) in [6, 6.07) is 13.3. The van der Waals surface area contributed by atoms with E-state index in [1.54, 1.807) is 0 Å². The van der Waals surface area contributed by atoms with Crippen molar-refractivity contribution in [3.05, 3.63) is 48.0 Å². The maximum atomic E-state index is 11.2. The first kappa shape index (κ1) is 13.8. The van der Waals surface area contributed by atoms with Gasteiger partial charge in [-0.1, -0.05) is 24.3 Å². The van der Waals surface area contributed by atoms with E-state index < -0.39 is 0 Å². The summed E-state index contributed by atoms with van der Waals surface area (Å²) in [5.74, 6) is 2.59. The number of fused-ring (bicyclic) bond motifs is 2. The molecule has 0 fully saturated rings. The van der Waals surface area contributed by atoms with Crippen LogP contribution in [0.4, 0.5) is 0 Å². The summed E-state index contributed by atoms with van der Waals surface area (Å²) < 4.78 is 11.8. The molecule has 2 aromatic carbocycles. The minimum absolute atomic E-state index is 0.0279. The van der Waals surface area contributed by atoms with Gasteiger partial charge in [0.2, 0.25) is 5.91 Å². The smallest absolute Gasteiger partial charge is 0.234 e. The standard InChI is InChI=1S/C16H14ClNO3/c17-10-15(19)18-9-8-11-4-3-7-14-16(11)21-13-6-2-1-5-12(13)20-14/h1-7H,8-10H2,(H,18,19). The van der Waals surface area contributed by atoms with E-state index in [-0.39, 0.29) is 11.8 Å². The minimum atomic E-state index is -0.177. The van der Waals surface area contributed by atoms with E-state index in [0.29, 0.717) is 36.0 Å². The highest BCUT2D eigenvalue weighted by atomic mass is 35.5. The van der Waals surface area contributed by atoms with E-state index in [0.717, 1.165) is 5.56 Å². The molecule has 5 heteroatoms. The fourth-order valence-corrected chi connectivity index (χ4v) is 2.28. The molecule has 1 aliphatic rings. The van der Waals surface area contributed by atoms with Crippen molar-refractivity contribution >= 4 is 17.5 Å². The van der Waals surface area contributed by atoms with Crippen LogP contribution in [0.2, 0.25) is 0 Å². The highest BCUT2D eigenvalue weighted by Gasteiger charge is 2.20. The third-order valence-electron chi connectivity index (χ3n) is 3.18. The Bertz CT molecular complexity index is 672. The third kappa shape index (κ3) is 2.95. The van der Waals surface area contributed by atoms with E-state index in [9.17, 15) is 4.79 Å². The number of hydrogen-bond acceptors (Lipinski definition) is 3. The first-order valence-corrected chi connectivity index (χ1v) is 7.20. The number of ether oxygens (including phenoxy) is 2. The molecule has 0 radical (unpaired) electrons. The Morgan fingerprint density at radius 3 is 2.48 bits per heavy atom. The van der Waals surface area contributed by atoms with Gasteiger partial charge in [-0.25, -0.2) is 0 Å². The second-order valence-corrected chi connectivity index (χ2v) is 4.90. The van der Waals surface area contributed by atoms with Gasteiger partial charge < -0.3 is 14.8 Å². The quantitative estimate of drug-likeness (QED) is 0.751. The molecule has 0 unspecified atom stereocenters. The minimum Gasteiger partial charge on any atom is -0.450 e. The van der Waals surface area contributed by atoms with Crippen LogP contribution in [0.5, 0.6) is 23.0 Å². The SMILES string of the molecule is O=C(CCl)NCCc1cccc2c1Oc1ccccc1O2. The van der Waals surface area contributed by atoms with Gasteiger partial charge in [-0.2, -0.15) is 0 Å². The molecule has 1 amide bonds. The normalized spacial score (nSPS) is 11.7. The van der Waals surface area contributed by atoms with Crippen LogP contribution in [0.3, 0.4) is 0 Å². The van der Waals surface area contributed by atoms with Gasteiger partial charge in [0, 0.05) is 12.1 Å². The van der Waals surface area contributed by atoms with E-state index in [2.05, 4.69) is 5.32 Å². The van der Waals surface area contributed by atoms with Crippen LogP contribution < -0.4 is 14.8 Å². The van der Waals surface area contributed by atoms with Gasteiger partial charge >= 0.3 is 0 Å². The summed E-state index contributed by atoms with van der Waals surface area (Å²) in [5.41, 5.74) is 0.983. The van der Waals surface area contributed by atoms with E-state index >= 15 is 0 Å². The zero-order valence-corrected chi connectivity index (χ0v) is 12.0. The van der Waals surface area contributed by atoms with Crippen LogP contribution in [0.25, 0.3) is 0 Å². The number of amides is 1. The lowest BCUT2D eigenvalue weighted by Gasteiger charge is -2.22. The van der Waals surface area contributed by atoms with Gasteiger partial charge in [0.15, 0.2) is 23.0 Å². The molecule has 0 saturated carbocycles. The Labute approximate surface area is 127 Å². The average Bonchev–Trinajstić information content (AvgIpc) is 2.53. The van der Waals surface area contributed by atoms with Crippen LogP contribution in [-0.2, 0) is 11.2 Å². The summed E-state index contributed by atoms with van der Waals surface area (Å²) >= 11 is 5.45. The Hall–Kier alpha value is -2.20. The number of para-hydroxylation sites is 3. The van der Waals surface area contributed by atoms with E-state index in [1.165, 1.54) is 0 Å². The number of halogens is 1. The van der Waals surface area contributed by atoms with Gasteiger partial charge in [0.05, 0.1) is 0 Å². The fourth-order valence-electron chi connectivity index (χ4n) is 2.19. The van der Waals surface area contributed by atoms with Gasteiger partial charge in [0.1, 0.15) is 5.88 Å². The summed E-state index contributed by atoms with van der Waals surface area (Å²) in [6.07, 6.45) is 0.650. The number of carbonyl (C=O) groups is 1. The van der Waals surface area contributed by atoms with Crippen LogP contribution >= 0.6 is 11.6 Å². The van der Waals surface area contributed by atoms with Gasteiger partial charge in [0.25, 0.3) is 0 Å². The van der Waals surface area contributed by atoms with Gasteiger partial charge in [-0.15, -0.1) is 11.6 Å².